The Bertz CT molecular complexity index is 1660. The molecule has 0 spiro atoms. The Labute approximate surface area is 240 Å². The molecule has 0 aliphatic carbocycles. The van der Waals surface area contributed by atoms with E-state index >= 15 is 0 Å². The van der Waals surface area contributed by atoms with Crippen LogP contribution in [-0.2, 0) is 16.1 Å². The van der Waals surface area contributed by atoms with Crippen molar-refractivity contribution >= 4 is 63.0 Å². The van der Waals surface area contributed by atoms with Gasteiger partial charge in [0.05, 0.1) is 23.6 Å². The fourth-order valence-electron chi connectivity index (χ4n) is 4.41. The number of nitrogens with one attached hydrogen (secondary N) is 1. The van der Waals surface area contributed by atoms with Gasteiger partial charge in [0, 0.05) is 5.69 Å². The highest BCUT2D eigenvalue weighted by Gasteiger charge is 2.35. The number of ether oxygens (including phenoxy) is 2. The molecule has 1 N–H and O–H groups in total. The first-order valence-corrected chi connectivity index (χ1v) is 13.6. The minimum absolute atomic E-state index is 0.171. The van der Waals surface area contributed by atoms with E-state index in [1.807, 2.05) is 67.6 Å². The van der Waals surface area contributed by atoms with Crippen molar-refractivity contribution in [3.63, 3.8) is 0 Å². The van der Waals surface area contributed by atoms with Crippen molar-refractivity contribution in [1.29, 1.82) is 0 Å². The number of halogens is 1. The van der Waals surface area contributed by atoms with E-state index < -0.39 is 0 Å². The first-order chi connectivity index (χ1) is 19.3. The zero-order chi connectivity index (χ0) is 28.2. The SMILES string of the molecule is COc1cc(/C=C2\SC(=O)N(Cc3cccc4ccccc34)C2=O)cc(Cl)c1OCC(=O)Nc1cccc(C)c1. The van der Waals surface area contributed by atoms with E-state index in [0.717, 1.165) is 33.7 Å². The van der Waals surface area contributed by atoms with Crippen LogP contribution in [0.4, 0.5) is 10.5 Å². The standard InChI is InChI=1S/C31H25ClN2O5S/c1-19-7-5-11-23(13-19)33-28(35)18-39-29-25(32)14-20(15-26(29)38-2)16-27-30(36)34(31(37)40-27)17-22-10-6-9-21-8-3-4-12-24(21)22/h3-16H,17-18H2,1-2H3,(H,33,35)/b27-16-. The van der Waals surface area contributed by atoms with E-state index in [1.54, 1.807) is 24.3 Å². The number of amides is 3. The zero-order valence-electron chi connectivity index (χ0n) is 21.8. The highest BCUT2D eigenvalue weighted by Crippen LogP contribution is 2.39. The van der Waals surface area contributed by atoms with Crippen LogP contribution >= 0.6 is 23.4 Å². The van der Waals surface area contributed by atoms with Crippen LogP contribution in [0, 0.1) is 6.92 Å². The summed E-state index contributed by atoms with van der Waals surface area (Å²) in [4.78, 5) is 39.9. The van der Waals surface area contributed by atoms with Crippen molar-refractivity contribution in [3.05, 3.63) is 105 Å². The number of fused-ring (bicyclic) bond motifs is 1. The number of nitrogens with zero attached hydrogens (tertiary/aromatic N) is 1. The Morgan fingerprint density at radius 1 is 1.02 bits per heavy atom. The van der Waals surface area contributed by atoms with Crippen molar-refractivity contribution in [2.75, 3.05) is 19.0 Å². The predicted octanol–water partition coefficient (Wildman–Crippen LogP) is 7.06. The van der Waals surface area contributed by atoms with Crippen LogP contribution in [0.2, 0.25) is 5.02 Å². The molecule has 3 amide bonds. The van der Waals surface area contributed by atoms with Gasteiger partial charge in [-0.25, -0.2) is 0 Å². The molecule has 5 rings (SSSR count). The molecule has 1 fully saturated rings. The number of methoxy groups -OCH3 is 1. The predicted molar refractivity (Wildman–Crippen MR) is 159 cm³/mol. The van der Waals surface area contributed by atoms with Crippen LogP contribution in [0.5, 0.6) is 11.5 Å². The molecule has 0 aromatic heterocycles. The van der Waals surface area contributed by atoms with Gasteiger partial charge in [0.1, 0.15) is 0 Å². The van der Waals surface area contributed by atoms with E-state index in [9.17, 15) is 14.4 Å². The number of carbonyl (C=O) groups is 3. The summed E-state index contributed by atoms with van der Waals surface area (Å²) in [6.07, 6.45) is 1.59. The van der Waals surface area contributed by atoms with Gasteiger partial charge in [0.25, 0.3) is 17.1 Å². The molecule has 7 nitrogen and oxygen atoms in total. The lowest BCUT2D eigenvalue weighted by Gasteiger charge is -2.14. The monoisotopic (exact) mass is 572 g/mol. The lowest BCUT2D eigenvalue weighted by Crippen LogP contribution is -2.27. The quantitative estimate of drug-likeness (QED) is 0.227. The summed E-state index contributed by atoms with van der Waals surface area (Å²) in [6.45, 7) is 1.82. The molecule has 1 saturated heterocycles. The maximum absolute atomic E-state index is 13.2. The van der Waals surface area contributed by atoms with Crippen LogP contribution < -0.4 is 14.8 Å². The molecule has 40 heavy (non-hydrogen) atoms. The fraction of sp³-hybridized carbons (Fsp3) is 0.129. The summed E-state index contributed by atoms with van der Waals surface area (Å²) in [7, 11) is 1.45. The maximum Gasteiger partial charge on any atom is 0.293 e. The first kappa shape index (κ1) is 27.3. The van der Waals surface area contributed by atoms with Gasteiger partial charge in [-0.05, 0) is 76.5 Å². The second-order valence-electron chi connectivity index (χ2n) is 9.15. The third-order valence-corrected chi connectivity index (χ3v) is 7.47. The van der Waals surface area contributed by atoms with E-state index in [0.29, 0.717) is 11.3 Å². The number of hydrogen-bond acceptors (Lipinski definition) is 6. The van der Waals surface area contributed by atoms with Crippen molar-refractivity contribution in [2.45, 2.75) is 13.5 Å². The Balaban J connectivity index is 1.31. The van der Waals surface area contributed by atoms with Crippen molar-refractivity contribution in [1.82, 2.24) is 4.90 Å². The molecule has 1 aliphatic heterocycles. The summed E-state index contributed by atoms with van der Waals surface area (Å²) < 4.78 is 11.1. The van der Waals surface area contributed by atoms with Crippen molar-refractivity contribution in [2.24, 2.45) is 0 Å². The molecular formula is C31H25ClN2O5S. The number of aryl methyl sites for hydroxylation is 1. The summed E-state index contributed by atoms with van der Waals surface area (Å²) in [6, 6.07) is 24.3. The molecule has 0 atom stereocenters. The lowest BCUT2D eigenvalue weighted by molar-refractivity contribution is -0.123. The fourth-order valence-corrected chi connectivity index (χ4v) is 5.52. The van der Waals surface area contributed by atoms with E-state index in [4.69, 9.17) is 21.1 Å². The van der Waals surface area contributed by atoms with Gasteiger partial charge in [-0.3, -0.25) is 19.3 Å². The number of hydrogen-bond donors (Lipinski definition) is 1. The number of thioether (sulfide) groups is 1. The van der Waals surface area contributed by atoms with E-state index in [1.165, 1.54) is 12.0 Å². The Morgan fingerprint density at radius 2 is 1.80 bits per heavy atom. The minimum atomic E-state index is -0.383. The Morgan fingerprint density at radius 3 is 2.60 bits per heavy atom. The number of anilines is 1. The summed E-state index contributed by atoms with van der Waals surface area (Å²) >= 11 is 7.36. The van der Waals surface area contributed by atoms with Crippen LogP contribution in [0.3, 0.4) is 0 Å². The second-order valence-corrected chi connectivity index (χ2v) is 10.5. The summed E-state index contributed by atoms with van der Waals surface area (Å²) in [5.41, 5.74) is 3.12. The van der Waals surface area contributed by atoms with Crippen molar-refractivity contribution < 1.29 is 23.9 Å². The topological polar surface area (TPSA) is 84.9 Å². The second kappa shape index (κ2) is 11.9. The Kier molecular flexibility index (Phi) is 8.09. The number of rotatable bonds is 8. The highest BCUT2D eigenvalue weighted by atomic mass is 35.5. The van der Waals surface area contributed by atoms with Gasteiger partial charge in [-0.15, -0.1) is 0 Å². The van der Waals surface area contributed by atoms with Crippen LogP contribution in [0.1, 0.15) is 16.7 Å². The third-order valence-electron chi connectivity index (χ3n) is 6.28. The first-order valence-electron chi connectivity index (χ1n) is 12.4. The number of benzene rings is 4. The minimum Gasteiger partial charge on any atom is -0.493 e. The zero-order valence-corrected chi connectivity index (χ0v) is 23.3. The largest absolute Gasteiger partial charge is 0.493 e. The molecule has 1 aliphatic rings. The van der Waals surface area contributed by atoms with Gasteiger partial charge in [-0.1, -0.05) is 66.2 Å². The van der Waals surface area contributed by atoms with Gasteiger partial charge in [0.2, 0.25) is 0 Å². The molecule has 202 valence electrons. The molecule has 0 radical (unpaired) electrons. The third kappa shape index (κ3) is 5.98. The average molecular weight is 573 g/mol. The maximum atomic E-state index is 13.2. The smallest absolute Gasteiger partial charge is 0.293 e. The van der Waals surface area contributed by atoms with Crippen LogP contribution in [0.25, 0.3) is 16.8 Å². The van der Waals surface area contributed by atoms with Gasteiger partial charge in [0.15, 0.2) is 18.1 Å². The highest BCUT2D eigenvalue weighted by molar-refractivity contribution is 8.18. The van der Waals surface area contributed by atoms with Crippen LogP contribution in [0.15, 0.2) is 83.8 Å². The summed E-state index contributed by atoms with van der Waals surface area (Å²) in [5, 5.41) is 4.66. The molecule has 4 aromatic rings. The Hall–Kier alpha value is -4.27. The van der Waals surface area contributed by atoms with Crippen molar-refractivity contribution in [3.8, 4) is 11.5 Å². The average Bonchev–Trinajstić information content (AvgIpc) is 3.19. The van der Waals surface area contributed by atoms with Gasteiger partial charge < -0.3 is 14.8 Å². The molecule has 0 unspecified atom stereocenters. The molecule has 1 heterocycles. The molecule has 9 heteroatoms. The summed E-state index contributed by atoms with van der Waals surface area (Å²) in [5.74, 6) is -0.249. The molecule has 0 saturated carbocycles. The normalized spacial score (nSPS) is 14.2. The van der Waals surface area contributed by atoms with Crippen LogP contribution in [-0.4, -0.2) is 35.7 Å². The van der Waals surface area contributed by atoms with E-state index in [-0.39, 0.29) is 51.6 Å². The number of imide groups is 1. The number of carbonyl (C=O) groups excluding carboxylic acids is 3. The molecule has 4 aromatic carbocycles. The molecular weight excluding hydrogens is 548 g/mol. The van der Waals surface area contributed by atoms with Gasteiger partial charge >= 0.3 is 0 Å². The lowest BCUT2D eigenvalue weighted by atomic mass is 10.0. The van der Waals surface area contributed by atoms with E-state index in [2.05, 4.69) is 5.32 Å². The van der Waals surface area contributed by atoms with Gasteiger partial charge in [-0.2, -0.15) is 0 Å². The molecule has 0 bridgehead atoms.